The van der Waals surface area contributed by atoms with E-state index in [1.165, 1.54) is 37.7 Å². The van der Waals surface area contributed by atoms with Gasteiger partial charge in [-0.15, -0.1) is 0 Å². The van der Waals surface area contributed by atoms with Gasteiger partial charge in [0.25, 0.3) is 0 Å². The van der Waals surface area contributed by atoms with Gasteiger partial charge < -0.3 is 0 Å². The summed E-state index contributed by atoms with van der Waals surface area (Å²) in [7, 11) is 0. The van der Waals surface area contributed by atoms with Crippen molar-refractivity contribution in [3.8, 4) is 0 Å². The minimum Gasteiger partial charge on any atom is -0.0704 e. The first-order chi connectivity index (χ1) is 6.92. The number of fused-ring (bicyclic) bond motifs is 2. The molecule has 14 heavy (non-hydrogen) atoms. The van der Waals surface area contributed by atoms with E-state index in [4.69, 9.17) is 0 Å². The maximum Gasteiger partial charge on any atom is -0.00643 e. The molecule has 2 bridgehead atoms. The Bertz CT molecular complexity index is 359. The smallest absolute Gasteiger partial charge is 0.00643 e. The van der Waals surface area contributed by atoms with Crippen LogP contribution in [0.2, 0.25) is 0 Å². The molecule has 1 aromatic carbocycles. The van der Waals surface area contributed by atoms with Crippen LogP contribution in [0, 0.1) is 5.92 Å². The van der Waals surface area contributed by atoms with Crippen LogP contribution in [0.3, 0.4) is 0 Å². The molecule has 2 aliphatic rings. The van der Waals surface area contributed by atoms with Gasteiger partial charge in [0.15, 0.2) is 0 Å². The van der Waals surface area contributed by atoms with E-state index in [-0.39, 0.29) is 0 Å². The maximum atomic E-state index is 2.25. The first kappa shape index (κ1) is 8.28. The molecule has 1 atom stereocenters. The van der Waals surface area contributed by atoms with E-state index in [0.29, 0.717) is 0 Å². The molecule has 1 saturated carbocycles. The summed E-state index contributed by atoms with van der Waals surface area (Å²) in [6, 6.07) is 10.9. The Kier molecular flexibility index (Phi) is 1.93. The highest BCUT2D eigenvalue weighted by atomic mass is 14.3. The van der Waals surface area contributed by atoms with E-state index in [1.807, 2.05) is 0 Å². The van der Waals surface area contributed by atoms with Gasteiger partial charge in [-0.25, -0.2) is 0 Å². The number of benzene rings is 1. The van der Waals surface area contributed by atoms with Crippen molar-refractivity contribution in [2.45, 2.75) is 32.1 Å². The lowest BCUT2D eigenvalue weighted by molar-refractivity contribution is 0.558. The molecule has 3 rings (SSSR count). The molecule has 1 fully saturated rings. The topological polar surface area (TPSA) is 0 Å². The normalized spacial score (nSPS) is 24.7. The summed E-state index contributed by atoms with van der Waals surface area (Å²) in [6.45, 7) is 0. The minimum absolute atomic E-state index is 1.02. The third kappa shape index (κ3) is 1.39. The van der Waals surface area contributed by atoms with E-state index in [9.17, 15) is 0 Å². The van der Waals surface area contributed by atoms with Gasteiger partial charge in [0.2, 0.25) is 0 Å². The summed E-state index contributed by atoms with van der Waals surface area (Å²) >= 11 is 0. The lowest BCUT2D eigenvalue weighted by Crippen LogP contribution is -1.97. The Balaban J connectivity index is 1.80. The second-order valence-electron chi connectivity index (χ2n) is 4.68. The third-order valence-electron chi connectivity index (χ3n) is 3.68. The molecule has 0 N–H and O–H groups in total. The van der Waals surface area contributed by atoms with Crippen LogP contribution >= 0.6 is 0 Å². The second-order valence-corrected chi connectivity index (χ2v) is 4.68. The molecule has 0 heterocycles. The van der Waals surface area contributed by atoms with Crippen LogP contribution in [-0.2, 0) is 6.42 Å². The van der Waals surface area contributed by atoms with Crippen LogP contribution in [0.15, 0.2) is 41.5 Å². The fraction of sp³-hybridized carbons (Fsp3) is 0.429. The molecule has 0 nitrogen and oxygen atoms in total. The van der Waals surface area contributed by atoms with E-state index >= 15 is 0 Å². The van der Waals surface area contributed by atoms with Crippen LogP contribution in [0.5, 0.6) is 0 Å². The van der Waals surface area contributed by atoms with Crippen molar-refractivity contribution in [3.63, 3.8) is 0 Å². The molecule has 2 aliphatic carbocycles. The zero-order chi connectivity index (χ0) is 9.38. The first-order valence-corrected chi connectivity index (χ1v) is 5.65. The zero-order valence-corrected chi connectivity index (χ0v) is 8.50. The molecule has 1 aromatic rings. The Morgan fingerprint density at radius 1 is 1.07 bits per heavy atom. The Morgan fingerprint density at radius 3 is 2.57 bits per heavy atom. The lowest BCUT2D eigenvalue weighted by Gasteiger charge is -2.11. The Morgan fingerprint density at radius 2 is 1.93 bits per heavy atom. The Hall–Kier alpha value is -1.04. The van der Waals surface area contributed by atoms with Gasteiger partial charge in [-0.2, -0.15) is 0 Å². The molecule has 0 aromatic heterocycles. The van der Waals surface area contributed by atoms with Gasteiger partial charge in [0.1, 0.15) is 0 Å². The molecule has 0 spiro atoms. The van der Waals surface area contributed by atoms with Crippen LogP contribution in [0.4, 0.5) is 0 Å². The van der Waals surface area contributed by atoms with Gasteiger partial charge in [0.05, 0.1) is 0 Å². The van der Waals surface area contributed by atoms with E-state index < -0.39 is 0 Å². The van der Waals surface area contributed by atoms with E-state index in [0.717, 1.165) is 5.92 Å². The highest BCUT2D eigenvalue weighted by molar-refractivity contribution is 5.31. The van der Waals surface area contributed by atoms with Crippen molar-refractivity contribution in [2.24, 2.45) is 5.92 Å². The summed E-state index contributed by atoms with van der Waals surface area (Å²) in [4.78, 5) is 0. The largest absolute Gasteiger partial charge is 0.0704 e. The SMILES string of the molecule is c1ccc(CC2=C3CCC(C3)C2)cc1. The van der Waals surface area contributed by atoms with Crippen molar-refractivity contribution in [2.75, 3.05) is 0 Å². The van der Waals surface area contributed by atoms with Crippen molar-refractivity contribution >= 4 is 0 Å². The number of rotatable bonds is 2. The molecule has 0 amide bonds. The third-order valence-corrected chi connectivity index (χ3v) is 3.68. The second kappa shape index (κ2) is 3.27. The fourth-order valence-electron chi connectivity index (χ4n) is 2.96. The van der Waals surface area contributed by atoms with Crippen LogP contribution in [0.25, 0.3) is 0 Å². The predicted molar refractivity (Wildman–Crippen MR) is 59.1 cm³/mol. The standard InChI is InChI=1S/C14H16/c1-2-4-11(5-3-1)8-14-10-12-6-7-13(14)9-12/h1-5,12H,6-10H2. The molecule has 1 unspecified atom stereocenters. The molecule has 0 aliphatic heterocycles. The average molecular weight is 184 g/mol. The van der Waals surface area contributed by atoms with Crippen molar-refractivity contribution in [1.29, 1.82) is 0 Å². The van der Waals surface area contributed by atoms with Crippen molar-refractivity contribution < 1.29 is 0 Å². The highest BCUT2D eigenvalue weighted by Gasteiger charge is 2.29. The summed E-state index contributed by atoms with van der Waals surface area (Å²) in [5.74, 6) is 1.02. The van der Waals surface area contributed by atoms with Crippen LogP contribution in [0.1, 0.15) is 31.2 Å². The minimum atomic E-state index is 1.02. The first-order valence-electron chi connectivity index (χ1n) is 5.65. The maximum absolute atomic E-state index is 2.25. The van der Waals surface area contributed by atoms with Crippen molar-refractivity contribution in [3.05, 3.63) is 47.0 Å². The van der Waals surface area contributed by atoms with Gasteiger partial charge >= 0.3 is 0 Å². The number of allylic oxidation sites excluding steroid dienone is 2. The van der Waals surface area contributed by atoms with Gasteiger partial charge in [-0.1, -0.05) is 41.5 Å². The lowest BCUT2D eigenvalue weighted by atomic mass is 9.94. The summed E-state index contributed by atoms with van der Waals surface area (Å²) in [6.07, 6.45) is 6.89. The zero-order valence-electron chi connectivity index (χ0n) is 8.50. The summed E-state index contributed by atoms with van der Waals surface area (Å²) in [5.41, 5.74) is 5.04. The molecule has 0 radical (unpaired) electrons. The van der Waals surface area contributed by atoms with E-state index in [2.05, 4.69) is 30.3 Å². The fourth-order valence-corrected chi connectivity index (χ4v) is 2.96. The summed E-state index contributed by atoms with van der Waals surface area (Å²) in [5, 5.41) is 0. The van der Waals surface area contributed by atoms with E-state index in [1.54, 1.807) is 11.1 Å². The highest BCUT2D eigenvalue weighted by Crippen LogP contribution is 2.44. The van der Waals surface area contributed by atoms with Gasteiger partial charge in [-0.05, 0) is 43.6 Å². The number of hydrogen-bond donors (Lipinski definition) is 0. The van der Waals surface area contributed by atoms with Crippen LogP contribution in [-0.4, -0.2) is 0 Å². The number of hydrogen-bond acceptors (Lipinski definition) is 0. The quantitative estimate of drug-likeness (QED) is 0.614. The predicted octanol–water partition coefficient (Wildman–Crippen LogP) is 3.73. The summed E-state index contributed by atoms with van der Waals surface area (Å²) < 4.78 is 0. The molecule has 0 heteroatoms. The van der Waals surface area contributed by atoms with Gasteiger partial charge in [0, 0.05) is 0 Å². The average Bonchev–Trinajstić information content (AvgIpc) is 2.81. The molecule has 0 saturated heterocycles. The monoisotopic (exact) mass is 184 g/mol. The molecule has 72 valence electrons. The molecular weight excluding hydrogens is 168 g/mol. The Labute approximate surface area is 85.6 Å². The van der Waals surface area contributed by atoms with Crippen LogP contribution < -0.4 is 0 Å². The van der Waals surface area contributed by atoms with Gasteiger partial charge in [-0.3, -0.25) is 0 Å². The van der Waals surface area contributed by atoms with Crippen molar-refractivity contribution in [1.82, 2.24) is 0 Å². The molecular formula is C14H16.